The normalized spacial score (nSPS) is 36.7. The first kappa shape index (κ1) is 27.6. The van der Waals surface area contributed by atoms with E-state index in [1.807, 2.05) is 43.3 Å². The van der Waals surface area contributed by atoms with Gasteiger partial charge in [0.15, 0.2) is 6.61 Å². The molecule has 3 saturated carbocycles. The van der Waals surface area contributed by atoms with Gasteiger partial charge in [-0.2, -0.15) is 0 Å². The summed E-state index contributed by atoms with van der Waals surface area (Å²) < 4.78 is 4.87. The largest absolute Gasteiger partial charge is 0.467 e. The summed E-state index contributed by atoms with van der Waals surface area (Å²) in [5.74, 6) is 0.833. The highest BCUT2D eigenvalue weighted by atomic mass is 16.6. The Balaban J connectivity index is 1.20. The lowest BCUT2D eigenvalue weighted by molar-refractivity contribution is -0.145. The number of oxime groups is 1. The van der Waals surface area contributed by atoms with Crippen molar-refractivity contribution in [1.29, 1.82) is 0 Å². The van der Waals surface area contributed by atoms with Crippen molar-refractivity contribution in [3.63, 3.8) is 0 Å². The number of amides is 1. The van der Waals surface area contributed by atoms with Gasteiger partial charge in [0.1, 0.15) is 11.8 Å². The van der Waals surface area contributed by atoms with Crippen molar-refractivity contribution in [2.45, 2.75) is 77.4 Å². The second-order valence-corrected chi connectivity index (χ2v) is 12.6. The van der Waals surface area contributed by atoms with E-state index < -0.39 is 23.5 Å². The van der Waals surface area contributed by atoms with Crippen LogP contribution in [0.3, 0.4) is 0 Å². The Morgan fingerprint density at radius 2 is 1.85 bits per heavy atom. The van der Waals surface area contributed by atoms with E-state index in [4.69, 9.17) is 9.57 Å². The number of nitrogens with one attached hydrogen (secondary N) is 1. The number of nitrogens with zero attached hydrogens (tertiary/aromatic N) is 1. The molecule has 0 unspecified atom stereocenters. The third-order valence-corrected chi connectivity index (χ3v) is 10.6. The predicted molar refractivity (Wildman–Crippen MR) is 150 cm³/mol. The minimum absolute atomic E-state index is 0.0130. The van der Waals surface area contributed by atoms with E-state index in [-0.39, 0.29) is 17.4 Å². The smallest absolute Gasteiger partial charge is 0.328 e. The zero-order valence-corrected chi connectivity index (χ0v) is 23.6. The summed E-state index contributed by atoms with van der Waals surface area (Å²) in [5, 5.41) is 18.1. The zero-order chi connectivity index (χ0) is 27.8. The summed E-state index contributed by atoms with van der Waals surface area (Å²) in [7, 11) is 1.31. The number of allylic oxidation sites excluding steroid dienone is 4. The maximum absolute atomic E-state index is 12.5. The molecule has 5 rings (SSSR count). The summed E-state index contributed by atoms with van der Waals surface area (Å²) in [5.41, 5.74) is 2.43. The Bertz CT molecular complexity index is 1190. The number of aliphatic hydroxyl groups is 1. The van der Waals surface area contributed by atoms with Crippen LogP contribution in [0.1, 0.15) is 64.9 Å². The second-order valence-electron chi connectivity index (χ2n) is 12.6. The van der Waals surface area contributed by atoms with Gasteiger partial charge in [-0.25, -0.2) is 4.79 Å². The summed E-state index contributed by atoms with van der Waals surface area (Å²) in [6.07, 6.45) is 13.1. The van der Waals surface area contributed by atoms with Crippen LogP contribution in [0.2, 0.25) is 0 Å². The van der Waals surface area contributed by atoms with Crippen LogP contribution >= 0.6 is 0 Å². The number of benzene rings is 1. The van der Waals surface area contributed by atoms with Gasteiger partial charge < -0.3 is 20.0 Å². The number of carbonyl (C=O) groups excluding carboxylic acids is 2. The number of ether oxygens (including phenoxy) is 1. The van der Waals surface area contributed by atoms with Crippen molar-refractivity contribution < 1.29 is 24.3 Å². The maximum atomic E-state index is 12.5. The number of esters is 1. The van der Waals surface area contributed by atoms with Crippen LogP contribution in [0.15, 0.2) is 59.3 Å². The molecular formula is C32H42N2O5. The molecule has 1 aromatic rings. The molecule has 4 aliphatic carbocycles. The molecule has 39 heavy (non-hydrogen) atoms. The van der Waals surface area contributed by atoms with Gasteiger partial charge in [-0.15, -0.1) is 0 Å². The quantitative estimate of drug-likeness (QED) is 0.389. The van der Waals surface area contributed by atoms with Crippen molar-refractivity contribution in [2.24, 2.45) is 33.7 Å². The third kappa shape index (κ3) is 5.06. The van der Waals surface area contributed by atoms with Gasteiger partial charge >= 0.3 is 5.97 Å². The summed E-state index contributed by atoms with van der Waals surface area (Å²) in [6.45, 7) is 6.43. The van der Waals surface area contributed by atoms with E-state index in [2.05, 4.69) is 36.5 Å². The lowest BCUT2D eigenvalue weighted by atomic mass is 9.47. The highest BCUT2D eigenvalue weighted by Crippen LogP contribution is 2.66. The van der Waals surface area contributed by atoms with Crippen LogP contribution in [0.25, 0.3) is 0 Å². The zero-order valence-electron chi connectivity index (χ0n) is 23.6. The van der Waals surface area contributed by atoms with Crippen molar-refractivity contribution in [2.75, 3.05) is 13.7 Å². The van der Waals surface area contributed by atoms with Crippen molar-refractivity contribution in [3.05, 3.63) is 59.7 Å². The Morgan fingerprint density at radius 3 is 2.59 bits per heavy atom. The molecule has 0 aliphatic heterocycles. The minimum atomic E-state index is -0.797. The fraction of sp³-hybridized carbons (Fsp3) is 0.594. The van der Waals surface area contributed by atoms with E-state index in [0.717, 1.165) is 44.1 Å². The van der Waals surface area contributed by atoms with E-state index in [1.54, 1.807) is 0 Å². The third-order valence-electron chi connectivity index (χ3n) is 10.6. The lowest BCUT2D eigenvalue weighted by Gasteiger charge is -2.58. The molecule has 2 N–H and O–H groups in total. The number of carbonyl (C=O) groups is 2. The summed E-state index contributed by atoms with van der Waals surface area (Å²) in [6, 6.07) is 8.68. The Morgan fingerprint density at radius 1 is 1.10 bits per heavy atom. The van der Waals surface area contributed by atoms with Crippen LogP contribution in [0.5, 0.6) is 0 Å². The molecule has 4 aliphatic rings. The summed E-state index contributed by atoms with van der Waals surface area (Å²) >= 11 is 0. The number of rotatable bonds is 7. The van der Waals surface area contributed by atoms with Crippen LogP contribution in [-0.2, 0) is 25.6 Å². The van der Waals surface area contributed by atoms with Crippen molar-refractivity contribution >= 4 is 17.6 Å². The fourth-order valence-corrected chi connectivity index (χ4v) is 8.09. The topological polar surface area (TPSA) is 97.2 Å². The number of methoxy groups -OCH3 is 1. The summed E-state index contributed by atoms with van der Waals surface area (Å²) in [4.78, 5) is 30.2. The minimum Gasteiger partial charge on any atom is -0.467 e. The molecular weight excluding hydrogens is 492 g/mol. The molecule has 7 atom stereocenters. The SMILES string of the molecule is COC(=O)[C@H](Cc1ccccc1)NC(=O)CON=C1C=C[C@@]2(C)C(=C1)CC[C@@H]1[C@@H]2CC[C@@]2(C)[C@H]1CC[C@]2(C)O. The average molecular weight is 535 g/mol. The number of hydrogen-bond donors (Lipinski definition) is 2. The van der Waals surface area contributed by atoms with Gasteiger partial charge in [0, 0.05) is 11.8 Å². The van der Waals surface area contributed by atoms with Crippen LogP contribution in [-0.4, -0.2) is 48.1 Å². The molecule has 0 radical (unpaired) electrons. The van der Waals surface area contributed by atoms with Crippen LogP contribution < -0.4 is 5.32 Å². The molecule has 210 valence electrons. The van der Waals surface area contributed by atoms with Gasteiger partial charge in [0.2, 0.25) is 0 Å². The van der Waals surface area contributed by atoms with E-state index in [9.17, 15) is 14.7 Å². The van der Waals surface area contributed by atoms with Gasteiger partial charge in [0.25, 0.3) is 5.91 Å². The molecule has 7 nitrogen and oxygen atoms in total. The highest BCUT2D eigenvalue weighted by molar-refractivity contribution is 6.05. The van der Waals surface area contributed by atoms with E-state index >= 15 is 0 Å². The van der Waals surface area contributed by atoms with Gasteiger partial charge in [-0.3, -0.25) is 4.79 Å². The first-order valence-corrected chi connectivity index (χ1v) is 14.3. The molecule has 0 heterocycles. The molecule has 1 aromatic carbocycles. The molecule has 1 amide bonds. The van der Waals surface area contributed by atoms with E-state index in [0.29, 0.717) is 29.9 Å². The molecule has 7 heteroatoms. The number of hydrogen-bond acceptors (Lipinski definition) is 6. The van der Waals surface area contributed by atoms with Gasteiger partial charge in [-0.1, -0.05) is 61.0 Å². The standard InChI is InChI=1S/C32H42N2O5/c1-30-15-12-23(34-39-20-28(35)33-27(29(36)38-4)18-21-8-6-5-7-9-21)19-22(30)10-11-24-25(30)13-16-31(2)26(24)14-17-32(31,3)37/h5-9,12,15,19,24-27,37H,10-11,13-14,16-18,20H2,1-4H3,(H,33,35)/t24-,25+,26+,27+,30+,31+,32+/m1/s1. The second kappa shape index (κ2) is 10.6. The molecule has 0 saturated heterocycles. The Hall–Kier alpha value is -2.93. The number of fused-ring (bicyclic) bond motifs is 5. The monoisotopic (exact) mass is 534 g/mol. The van der Waals surface area contributed by atoms with Crippen molar-refractivity contribution in [1.82, 2.24) is 5.32 Å². The molecule has 0 spiro atoms. The van der Waals surface area contributed by atoms with Gasteiger partial charge in [0.05, 0.1) is 12.7 Å². The fourth-order valence-electron chi connectivity index (χ4n) is 8.09. The molecule has 3 fully saturated rings. The van der Waals surface area contributed by atoms with Crippen molar-refractivity contribution in [3.8, 4) is 0 Å². The first-order valence-electron chi connectivity index (χ1n) is 14.3. The molecule has 0 bridgehead atoms. The Labute approximate surface area is 231 Å². The first-order chi connectivity index (χ1) is 18.6. The van der Waals surface area contributed by atoms with E-state index in [1.165, 1.54) is 12.7 Å². The predicted octanol–water partition coefficient (Wildman–Crippen LogP) is 4.75. The average Bonchev–Trinajstić information content (AvgIpc) is 3.17. The highest BCUT2D eigenvalue weighted by Gasteiger charge is 2.61. The maximum Gasteiger partial charge on any atom is 0.328 e. The lowest BCUT2D eigenvalue weighted by Crippen LogP contribution is -2.53. The molecule has 0 aromatic heterocycles. The van der Waals surface area contributed by atoms with Crippen LogP contribution in [0.4, 0.5) is 0 Å². The van der Waals surface area contributed by atoms with Gasteiger partial charge in [-0.05, 0) is 86.3 Å². The van der Waals surface area contributed by atoms with Crippen LogP contribution in [0, 0.1) is 28.6 Å². The Kier molecular flexibility index (Phi) is 7.49.